The Bertz CT molecular complexity index is 784. The van der Waals surface area contributed by atoms with Crippen LogP contribution in [0.4, 0.5) is 0 Å². The Kier molecular flexibility index (Phi) is 5.58. The fourth-order valence-corrected chi connectivity index (χ4v) is 3.24. The summed E-state index contributed by atoms with van der Waals surface area (Å²) < 4.78 is 1.63. The van der Waals surface area contributed by atoms with Crippen LogP contribution in [0, 0.1) is 0 Å². The maximum Gasteiger partial charge on any atom is 0.317 e. The van der Waals surface area contributed by atoms with E-state index in [1.54, 1.807) is 29.1 Å². The fourth-order valence-electron chi connectivity index (χ4n) is 3.12. The molecule has 1 saturated carbocycles. The lowest BCUT2D eigenvalue weighted by Gasteiger charge is -2.42. The molecule has 1 aromatic carbocycles. The molecule has 8 heteroatoms. The van der Waals surface area contributed by atoms with Crippen LogP contribution >= 0.6 is 11.6 Å². The molecule has 2 aromatic rings. The van der Waals surface area contributed by atoms with E-state index in [0.717, 1.165) is 18.5 Å². The van der Waals surface area contributed by atoms with Crippen molar-refractivity contribution in [2.24, 2.45) is 0 Å². The lowest BCUT2D eigenvalue weighted by Crippen LogP contribution is -2.54. The number of carbonyl (C=O) groups excluding carboxylic acids is 1. The highest BCUT2D eigenvalue weighted by Gasteiger charge is 2.35. The van der Waals surface area contributed by atoms with Crippen molar-refractivity contribution in [2.45, 2.75) is 31.8 Å². The molecule has 3 rings (SSSR count). The zero-order valence-corrected chi connectivity index (χ0v) is 15.2. The van der Waals surface area contributed by atoms with E-state index < -0.39 is 5.97 Å². The Morgan fingerprint density at radius 3 is 2.62 bits per heavy atom. The van der Waals surface area contributed by atoms with Crippen LogP contribution in [0.3, 0.4) is 0 Å². The Balaban J connectivity index is 1.54. The van der Waals surface area contributed by atoms with E-state index in [9.17, 15) is 9.59 Å². The van der Waals surface area contributed by atoms with Gasteiger partial charge in [0.15, 0.2) is 5.69 Å². The van der Waals surface area contributed by atoms with E-state index in [2.05, 4.69) is 10.4 Å². The molecule has 0 radical (unpaired) electrons. The summed E-state index contributed by atoms with van der Waals surface area (Å²) in [6.45, 7) is 2.66. The summed E-state index contributed by atoms with van der Waals surface area (Å²) in [5.41, 5.74) is 1.17. The first-order valence-corrected chi connectivity index (χ1v) is 8.92. The third-order valence-corrected chi connectivity index (χ3v) is 4.87. The number of amides is 1. The molecule has 0 saturated heterocycles. The normalized spacial score (nSPS) is 19.2. The number of aliphatic carboxylic acids is 1. The number of hydrogen-bond acceptors (Lipinski definition) is 4. The molecule has 0 atom stereocenters. The Labute approximate surface area is 156 Å². The molecule has 0 bridgehead atoms. The molecular formula is C18H21ClN4O3. The van der Waals surface area contributed by atoms with Crippen LogP contribution in [0.1, 0.15) is 30.3 Å². The van der Waals surface area contributed by atoms with Crippen LogP contribution in [-0.2, 0) is 4.79 Å². The van der Waals surface area contributed by atoms with Crippen molar-refractivity contribution >= 4 is 23.5 Å². The van der Waals surface area contributed by atoms with Crippen molar-refractivity contribution in [3.8, 4) is 5.69 Å². The predicted octanol–water partition coefficient (Wildman–Crippen LogP) is 2.19. The number of nitrogens with one attached hydrogen (secondary N) is 1. The van der Waals surface area contributed by atoms with Crippen molar-refractivity contribution in [3.63, 3.8) is 0 Å². The van der Waals surface area contributed by atoms with E-state index in [1.165, 1.54) is 0 Å². The number of hydrogen-bond donors (Lipinski definition) is 2. The lowest BCUT2D eigenvalue weighted by molar-refractivity contribution is -0.139. The Morgan fingerprint density at radius 1 is 1.31 bits per heavy atom. The van der Waals surface area contributed by atoms with Gasteiger partial charge in [0.05, 0.1) is 12.2 Å². The van der Waals surface area contributed by atoms with Gasteiger partial charge in [-0.2, -0.15) is 5.10 Å². The summed E-state index contributed by atoms with van der Waals surface area (Å²) >= 11 is 5.88. The van der Waals surface area contributed by atoms with Crippen molar-refractivity contribution < 1.29 is 14.7 Å². The molecule has 0 spiro atoms. The Morgan fingerprint density at radius 2 is 2.00 bits per heavy atom. The van der Waals surface area contributed by atoms with Gasteiger partial charge in [-0.25, -0.2) is 4.68 Å². The number of carboxylic acids is 1. The number of benzene rings is 1. The third-order valence-electron chi connectivity index (χ3n) is 4.62. The van der Waals surface area contributed by atoms with E-state index in [-0.39, 0.29) is 24.5 Å². The number of carboxylic acid groups (broad SMARTS) is 1. The molecule has 1 aromatic heterocycles. The van der Waals surface area contributed by atoms with Crippen LogP contribution in [0.15, 0.2) is 36.5 Å². The van der Waals surface area contributed by atoms with Crippen molar-refractivity contribution in [3.05, 3.63) is 47.2 Å². The molecule has 0 unspecified atom stereocenters. The highest BCUT2D eigenvalue weighted by Crippen LogP contribution is 2.25. The zero-order valence-electron chi connectivity index (χ0n) is 14.4. The molecular weight excluding hydrogens is 356 g/mol. The van der Waals surface area contributed by atoms with Crippen LogP contribution in [0.5, 0.6) is 0 Å². The van der Waals surface area contributed by atoms with Gasteiger partial charge in [0.1, 0.15) is 0 Å². The summed E-state index contributed by atoms with van der Waals surface area (Å²) in [5, 5.41) is 16.8. The highest BCUT2D eigenvalue weighted by molar-refractivity contribution is 6.30. The fraction of sp³-hybridized carbons (Fsp3) is 0.389. The van der Waals surface area contributed by atoms with Gasteiger partial charge >= 0.3 is 5.97 Å². The first-order valence-electron chi connectivity index (χ1n) is 8.54. The van der Waals surface area contributed by atoms with Gasteiger partial charge in [0.25, 0.3) is 5.91 Å². The minimum absolute atomic E-state index is 0.0351. The standard InChI is InChI=1S/C18H21ClN4O3/c1-2-22(11-17(24)25)15-9-13(10-15)20-18(26)16-7-8-23(21-16)14-5-3-12(19)4-6-14/h3-8,13,15H,2,9-11H2,1H3,(H,20,26)(H,24,25). The summed E-state index contributed by atoms with van der Waals surface area (Å²) in [6.07, 6.45) is 3.24. The number of aromatic nitrogens is 2. The average molecular weight is 377 g/mol. The third kappa shape index (κ3) is 4.23. The number of carbonyl (C=O) groups is 2. The lowest BCUT2D eigenvalue weighted by atomic mass is 9.85. The van der Waals surface area contributed by atoms with Crippen LogP contribution < -0.4 is 5.32 Å². The van der Waals surface area contributed by atoms with Crippen LogP contribution in [-0.4, -0.2) is 56.8 Å². The predicted molar refractivity (Wildman–Crippen MR) is 97.7 cm³/mol. The van der Waals surface area contributed by atoms with Gasteiger partial charge in [-0.1, -0.05) is 18.5 Å². The monoisotopic (exact) mass is 376 g/mol. The molecule has 7 nitrogen and oxygen atoms in total. The minimum atomic E-state index is -0.827. The van der Waals surface area contributed by atoms with Crippen LogP contribution in [0.25, 0.3) is 5.69 Å². The molecule has 1 aliphatic rings. The quantitative estimate of drug-likeness (QED) is 0.773. The molecule has 1 aliphatic carbocycles. The van der Waals surface area contributed by atoms with E-state index >= 15 is 0 Å². The second-order valence-corrected chi connectivity index (χ2v) is 6.81. The molecule has 1 heterocycles. The first kappa shape index (κ1) is 18.4. The summed E-state index contributed by atoms with van der Waals surface area (Å²) in [6, 6.07) is 9.12. The first-order chi connectivity index (χ1) is 12.5. The molecule has 26 heavy (non-hydrogen) atoms. The maximum atomic E-state index is 12.4. The van der Waals surface area contributed by atoms with E-state index in [0.29, 0.717) is 17.3 Å². The van der Waals surface area contributed by atoms with E-state index in [4.69, 9.17) is 16.7 Å². The molecule has 1 amide bonds. The van der Waals surface area contributed by atoms with Gasteiger partial charge in [0.2, 0.25) is 0 Å². The number of rotatable bonds is 7. The molecule has 2 N–H and O–H groups in total. The molecule has 138 valence electrons. The average Bonchev–Trinajstić information content (AvgIpc) is 3.06. The SMILES string of the molecule is CCN(CC(=O)O)C1CC(NC(=O)c2ccn(-c3ccc(Cl)cc3)n2)C1. The van der Waals surface area contributed by atoms with Gasteiger partial charge < -0.3 is 10.4 Å². The summed E-state index contributed by atoms with van der Waals surface area (Å²) in [5.74, 6) is -1.05. The second-order valence-electron chi connectivity index (χ2n) is 6.37. The van der Waals surface area contributed by atoms with Gasteiger partial charge in [-0.05, 0) is 49.7 Å². The smallest absolute Gasteiger partial charge is 0.317 e. The topological polar surface area (TPSA) is 87.5 Å². The largest absolute Gasteiger partial charge is 0.480 e. The Hall–Kier alpha value is -2.38. The second kappa shape index (κ2) is 7.88. The molecule has 0 aliphatic heterocycles. The van der Waals surface area contributed by atoms with Gasteiger partial charge in [-0.3, -0.25) is 14.5 Å². The highest BCUT2D eigenvalue weighted by atomic mass is 35.5. The maximum absolute atomic E-state index is 12.4. The summed E-state index contributed by atoms with van der Waals surface area (Å²) in [4.78, 5) is 25.1. The van der Waals surface area contributed by atoms with Crippen LogP contribution in [0.2, 0.25) is 5.02 Å². The molecule has 1 fully saturated rings. The van der Waals surface area contributed by atoms with Gasteiger partial charge in [0, 0.05) is 23.3 Å². The van der Waals surface area contributed by atoms with Crippen molar-refractivity contribution in [1.29, 1.82) is 0 Å². The van der Waals surface area contributed by atoms with Crippen molar-refractivity contribution in [2.75, 3.05) is 13.1 Å². The van der Waals surface area contributed by atoms with Crippen molar-refractivity contribution in [1.82, 2.24) is 20.0 Å². The van der Waals surface area contributed by atoms with E-state index in [1.807, 2.05) is 24.0 Å². The number of likely N-dealkylation sites (N-methyl/N-ethyl adjacent to an activating group) is 1. The number of nitrogens with zero attached hydrogens (tertiary/aromatic N) is 3. The minimum Gasteiger partial charge on any atom is -0.480 e. The zero-order chi connectivity index (χ0) is 18.7. The van der Waals surface area contributed by atoms with Gasteiger partial charge in [-0.15, -0.1) is 0 Å². The summed E-state index contributed by atoms with van der Waals surface area (Å²) in [7, 11) is 0. The number of halogens is 1.